The molecule has 1 aromatic rings. The first-order valence-electron chi connectivity index (χ1n) is 6.97. The van der Waals surface area contributed by atoms with Gasteiger partial charge in [-0.15, -0.1) is 0 Å². The fraction of sp³-hybridized carbons (Fsp3) is 0.625. The summed E-state index contributed by atoms with van der Waals surface area (Å²) in [4.78, 5) is 0. The van der Waals surface area contributed by atoms with Gasteiger partial charge in [-0.05, 0) is 54.3 Å². The highest BCUT2D eigenvalue weighted by molar-refractivity contribution is 5.40. The molecule has 0 spiro atoms. The second kappa shape index (κ2) is 5.31. The Morgan fingerprint density at radius 1 is 1.28 bits per heavy atom. The Bertz CT molecular complexity index is 402. The van der Waals surface area contributed by atoms with Crippen LogP contribution in [-0.2, 0) is 11.8 Å². The maximum atomic E-state index is 5.93. The number of ether oxygens (including phenoxy) is 1. The molecule has 0 atom stereocenters. The van der Waals surface area contributed by atoms with Crippen molar-refractivity contribution in [3.63, 3.8) is 0 Å². The SMILES string of the molecule is CC(C)(C)c1ccc(OCC2CC2)c(CCN)c1. The van der Waals surface area contributed by atoms with Crippen molar-refractivity contribution in [2.75, 3.05) is 13.2 Å². The number of nitrogens with two attached hydrogens (primary N) is 1. The lowest BCUT2D eigenvalue weighted by molar-refractivity contribution is 0.296. The highest BCUT2D eigenvalue weighted by Gasteiger charge is 2.22. The Morgan fingerprint density at radius 3 is 2.56 bits per heavy atom. The summed E-state index contributed by atoms with van der Waals surface area (Å²) in [7, 11) is 0. The first kappa shape index (κ1) is 13.4. The maximum Gasteiger partial charge on any atom is 0.122 e. The molecule has 0 aromatic heterocycles. The van der Waals surface area contributed by atoms with Crippen molar-refractivity contribution in [3.05, 3.63) is 29.3 Å². The molecule has 2 N–H and O–H groups in total. The summed E-state index contributed by atoms with van der Waals surface area (Å²) >= 11 is 0. The summed E-state index contributed by atoms with van der Waals surface area (Å²) in [6.07, 6.45) is 3.54. The molecule has 18 heavy (non-hydrogen) atoms. The molecule has 0 amide bonds. The second-order valence-corrected chi connectivity index (χ2v) is 6.37. The highest BCUT2D eigenvalue weighted by Crippen LogP contribution is 2.32. The van der Waals surface area contributed by atoms with Crippen molar-refractivity contribution in [3.8, 4) is 5.75 Å². The number of benzene rings is 1. The van der Waals surface area contributed by atoms with E-state index < -0.39 is 0 Å². The van der Waals surface area contributed by atoms with Crippen molar-refractivity contribution < 1.29 is 4.74 Å². The van der Waals surface area contributed by atoms with Gasteiger partial charge in [0.2, 0.25) is 0 Å². The normalized spacial score (nSPS) is 15.8. The Labute approximate surface area is 111 Å². The third kappa shape index (κ3) is 3.49. The molecule has 1 saturated carbocycles. The molecular formula is C16H25NO. The van der Waals surface area contributed by atoms with Gasteiger partial charge in [0.25, 0.3) is 0 Å². The molecule has 1 fully saturated rings. The summed E-state index contributed by atoms with van der Waals surface area (Å²) in [5.74, 6) is 1.82. The lowest BCUT2D eigenvalue weighted by Crippen LogP contribution is -2.13. The first-order valence-corrected chi connectivity index (χ1v) is 6.97. The Morgan fingerprint density at radius 2 is 2.00 bits per heavy atom. The van der Waals surface area contributed by atoms with Crippen LogP contribution in [0.4, 0.5) is 0 Å². The number of hydrogen-bond acceptors (Lipinski definition) is 2. The van der Waals surface area contributed by atoms with Gasteiger partial charge in [-0.1, -0.05) is 32.9 Å². The van der Waals surface area contributed by atoms with E-state index in [2.05, 4.69) is 39.0 Å². The van der Waals surface area contributed by atoms with Gasteiger partial charge in [-0.2, -0.15) is 0 Å². The van der Waals surface area contributed by atoms with Crippen molar-refractivity contribution in [2.24, 2.45) is 11.7 Å². The van der Waals surface area contributed by atoms with E-state index in [1.54, 1.807) is 0 Å². The zero-order valence-electron chi connectivity index (χ0n) is 11.8. The molecule has 100 valence electrons. The van der Waals surface area contributed by atoms with Gasteiger partial charge in [0.05, 0.1) is 6.61 Å². The topological polar surface area (TPSA) is 35.2 Å². The van der Waals surface area contributed by atoms with Gasteiger partial charge in [0.1, 0.15) is 5.75 Å². The largest absolute Gasteiger partial charge is 0.493 e. The first-order chi connectivity index (χ1) is 8.50. The molecule has 2 nitrogen and oxygen atoms in total. The van der Waals surface area contributed by atoms with Gasteiger partial charge in [-0.3, -0.25) is 0 Å². The van der Waals surface area contributed by atoms with Crippen LogP contribution in [0, 0.1) is 5.92 Å². The molecule has 2 heteroatoms. The lowest BCUT2D eigenvalue weighted by atomic mass is 9.85. The highest BCUT2D eigenvalue weighted by atomic mass is 16.5. The predicted octanol–water partition coefficient (Wildman–Crippen LogP) is 3.27. The molecule has 0 heterocycles. The van der Waals surface area contributed by atoms with E-state index in [9.17, 15) is 0 Å². The average Bonchev–Trinajstić information content (AvgIpc) is 3.10. The van der Waals surface area contributed by atoms with E-state index in [0.29, 0.717) is 6.54 Å². The van der Waals surface area contributed by atoms with Crippen LogP contribution in [0.25, 0.3) is 0 Å². The fourth-order valence-corrected chi connectivity index (χ4v) is 2.03. The van der Waals surface area contributed by atoms with E-state index in [1.807, 2.05) is 0 Å². The summed E-state index contributed by atoms with van der Waals surface area (Å²) in [5, 5.41) is 0. The van der Waals surface area contributed by atoms with Crippen molar-refractivity contribution >= 4 is 0 Å². The van der Waals surface area contributed by atoms with Crippen LogP contribution in [0.2, 0.25) is 0 Å². The molecule has 0 bridgehead atoms. The maximum absolute atomic E-state index is 5.93. The molecule has 1 aliphatic carbocycles. The summed E-state index contributed by atoms with van der Waals surface area (Å²) in [5.41, 5.74) is 8.49. The van der Waals surface area contributed by atoms with E-state index in [1.165, 1.54) is 24.0 Å². The standard InChI is InChI=1S/C16H25NO/c1-16(2,3)14-6-7-15(13(10-14)8-9-17)18-11-12-4-5-12/h6-7,10,12H,4-5,8-9,11,17H2,1-3H3. The third-order valence-corrected chi connectivity index (χ3v) is 3.51. The third-order valence-electron chi connectivity index (χ3n) is 3.51. The van der Waals surface area contributed by atoms with Gasteiger partial charge in [0.15, 0.2) is 0 Å². The van der Waals surface area contributed by atoms with Crippen LogP contribution in [0.15, 0.2) is 18.2 Å². The molecule has 1 aliphatic rings. The zero-order chi connectivity index (χ0) is 13.2. The van der Waals surface area contributed by atoms with E-state index in [-0.39, 0.29) is 5.41 Å². The number of hydrogen-bond donors (Lipinski definition) is 1. The van der Waals surface area contributed by atoms with Crippen LogP contribution >= 0.6 is 0 Å². The average molecular weight is 247 g/mol. The molecule has 2 rings (SSSR count). The summed E-state index contributed by atoms with van der Waals surface area (Å²) in [6, 6.07) is 6.56. The smallest absolute Gasteiger partial charge is 0.122 e. The minimum Gasteiger partial charge on any atom is -0.493 e. The summed E-state index contributed by atoms with van der Waals surface area (Å²) < 4.78 is 5.93. The predicted molar refractivity (Wildman–Crippen MR) is 76.1 cm³/mol. The molecule has 0 radical (unpaired) electrons. The molecule has 0 saturated heterocycles. The Balaban J connectivity index is 2.16. The minimum absolute atomic E-state index is 0.179. The van der Waals surface area contributed by atoms with Crippen molar-refractivity contribution in [1.29, 1.82) is 0 Å². The molecule has 0 aliphatic heterocycles. The molecular weight excluding hydrogens is 222 g/mol. The van der Waals surface area contributed by atoms with Gasteiger partial charge in [-0.25, -0.2) is 0 Å². The van der Waals surface area contributed by atoms with Crippen LogP contribution in [0.3, 0.4) is 0 Å². The van der Waals surface area contributed by atoms with Crippen molar-refractivity contribution in [2.45, 2.75) is 45.4 Å². The van der Waals surface area contributed by atoms with Crippen LogP contribution in [0.5, 0.6) is 5.75 Å². The number of rotatable bonds is 5. The zero-order valence-corrected chi connectivity index (χ0v) is 11.8. The second-order valence-electron chi connectivity index (χ2n) is 6.37. The van der Waals surface area contributed by atoms with Crippen LogP contribution < -0.4 is 10.5 Å². The quantitative estimate of drug-likeness (QED) is 0.866. The van der Waals surface area contributed by atoms with E-state index in [4.69, 9.17) is 10.5 Å². The van der Waals surface area contributed by atoms with Gasteiger partial charge in [0, 0.05) is 0 Å². The van der Waals surface area contributed by atoms with Crippen LogP contribution in [0.1, 0.15) is 44.7 Å². The Kier molecular flexibility index (Phi) is 3.96. The Hall–Kier alpha value is -1.02. The summed E-state index contributed by atoms with van der Waals surface area (Å²) in [6.45, 7) is 8.25. The van der Waals surface area contributed by atoms with Crippen molar-refractivity contribution in [1.82, 2.24) is 0 Å². The van der Waals surface area contributed by atoms with Crippen LogP contribution in [-0.4, -0.2) is 13.2 Å². The lowest BCUT2D eigenvalue weighted by Gasteiger charge is -2.21. The fourth-order valence-electron chi connectivity index (χ4n) is 2.03. The molecule has 1 aromatic carbocycles. The van der Waals surface area contributed by atoms with Gasteiger partial charge >= 0.3 is 0 Å². The molecule has 0 unspecified atom stereocenters. The van der Waals surface area contributed by atoms with Gasteiger partial charge < -0.3 is 10.5 Å². The monoisotopic (exact) mass is 247 g/mol. The van der Waals surface area contributed by atoms with E-state index in [0.717, 1.165) is 24.7 Å². The van der Waals surface area contributed by atoms with E-state index >= 15 is 0 Å². The minimum atomic E-state index is 0.179.